The van der Waals surface area contributed by atoms with Gasteiger partial charge in [-0.15, -0.1) is 0 Å². The second-order valence-electron chi connectivity index (χ2n) is 6.03. The summed E-state index contributed by atoms with van der Waals surface area (Å²) in [5.41, 5.74) is 8.00. The molecule has 0 unspecified atom stereocenters. The van der Waals surface area contributed by atoms with Crippen LogP contribution in [0.25, 0.3) is 0 Å². The number of nitrogens with two attached hydrogens (primary N) is 1. The molecule has 0 spiro atoms. The van der Waals surface area contributed by atoms with Crippen LogP contribution in [0.4, 0.5) is 5.69 Å². The van der Waals surface area contributed by atoms with Gasteiger partial charge in [0.05, 0.1) is 7.11 Å². The number of nitrogen functional groups attached to an aromatic ring is 1. The molecule has 0 atom stereocenters. The van der Waals surface area contributed by atoms with E-state index in [1.165, 1.54) is 25.7 Å². The van der Waals surface area contributed by atoms with Crippen molar-refractivity contribution in [3.8, 4) is 5.75 Å². The van der Waals surface area contributed by atoms with E-state index < -0.39 is 0 Å². The molecule has 0 radical (unpaired) electrons. The van der Waals surface area contributed by atoms with Crippen molar-refractivity contribution >= 4 is 5.69 Å². The highest BCUT2D eigenvalue weighted by molar-refractivity contribution is 5.50. The van der Waals surface area contributed by atoms with E-state index >= 15 is 0 Å². The van der Waals surface area contributed by atoms with Gasteiger partial charge in [-0.3, -0.25) is 0 Å². The number of hydrogen-bond acceptors (Lipinski definition) is 3. The number of methoxy groups -OCH3 is 1. The van der Waals surface area contributed by atoms with Gasteiger partial charge in [-0.05, 0) is 73.7 Å². The van der Waals surface area contributed by atoms with E-state index in [0.29, 0.717) is 0 Å². The van der Waals surface area contributed by atoms with Crippen molar-refractivity contribution in [1.82, 2.24) is 5.32 Å². The van der Waals surface area contributed by atoms with E-state index in [1.54, 1.807) is 7.11 Å². The summed E-state index contributed by atoms with van der Waals surface area (Å²) in [6.45, 7) is 1.99. The monoisotopic (exact) mass is 260 g/mol. The van der Waals surface area contributed by atoms with Crippen LogP contribution in [0, 0.1) is 17.8 Å². The molecule has 3 nitrogen and oxygen atoms in total. The molecular formula is C16H24N2O. The van der Waals surface area contributed by atoms with Gasteiger partial charge in [-0.2, -0.15) is 0 Å². The highest BCUT2D eigenvalue weighted by Gasteiger charge is 2.40. The molecule has 2 fully saturated rings. The lowest BCUT2D eigenvalue weighted by Crippen LogP contribution is -2.25. The summed E-state index contributed by atoms with van der Waals surface area (Å²) in [6, 6.07) is 5.87. The summed E-state index contributed by atoms with van der Waals surface area (Å²) >= 11 is 0. The van der Waals surface area contributed by atoms with Crippen LogP contribution in [0.3, 0.4) is 0 Å². The Morgan fingerprint density at radius 1 is 1.26 bits per heavy atom. The fourth-order valence-electron chi connectivity index (χ4n) is 3.00. The van der Waals surface area contributed by atoms with Crippen molar-refractivity contribution in [1.29, 1.82) is 0 Å². The smallest absolute Gasteiger partial charge is 0.119 e. The van der Waals surface area contributed by atoms with E-state index in [0.717, 1.165) is 47.8 Å². The van der Waals surface area contributed by atoms with Crippen molar-refractivity contribution in [2.24, 2.45) is 17.8 Å². The van der Waals surface area contributed by atoms with Crippen LogP contribution in [0.5, 0.6) is 5.75 Å². The van der Waals surface area contributed by atoms with Crippen LogP contribution in [-0.4, -0.2) is 13.7 Å². The van der Waals surface area contributed by atoms with Gasteiger partial charge in [0.15, 0.2) is 0 Å². The molecule has 2 aliphatic carbocycles. The minimum atomic E-state index is 0.846. The molecule has 3 N–H and O–H groups in total. The molecule has 3 heteroatoms. The number of nitrogens with one attached hydrogen (secondary N) is 1. The topological polar surface area (TPSA) is 47.3 Å². The number of benzene rings is 1. The zero-order valence-corrected chi connectivity index (χ0v) is 11.7. The molecule has 2 aliphatic rings. The van der Waals surface area contributed by atoms with Crippen LogP contribution in [0.15, 0.2) is 18.2 Å². The summed E-state index contributed by atoms with van der Waals surface area (Å²) < 4.78 is 5.25. The number of anilines is 1. The lowest BCUT2D eigenvalue weighted by atomic mass is 9.98. The third-order valence-electron chi connectivity index (χ3n) is 4.50. The maximum Gasteiger partial charge on any atom is 0.119 e. The van der Waals surface area contributed by atoms with Gasteiger partial charge in [-0.25, -0.2) is 0 Å². The second kappa shape index (κ2) is 5.41. The standard InChI is InChI=1S/C16H24N2O/c1-19-14-6-7-16(17)13(8-14)9-18-10-15(11-2-3-11)12-4-5-12/h6-8,11-12,15,18H,2-5,9-10,17H2,1H3. The number of hydrogen-bond donors (Lipinski definition) is 2. The quantitative estimate of drug-likeness (QED) is 0.741. The van der Waals surface area contributed by atoms with Crippen LogP contribution < -0.4 is 15.8 Å². The van der Waals surface area contributed by atoms with Gasteiger partial charge in [0.2, 0.25) is 0 Å². The lowest BCUT2D eigenvalue weighted by molar-refractivity contribution is 0.378. The zero-order chi connectivity index (χ0) is 13.2. The maximum absolute atomic E-state index is 6.01. The number of ether oxygens (including phenoxy) is 1. The highest BCUT2D eigenvalue weighted by Crippen LogP contribution is 2.48. The molecular weight excluding hydrogens is 236 g/mol. The summed E-state index contributed by atoms with van der Waals surface area (Å²) in [6.07, 6.45) is 5.79. The minimum Gasteiger partial charge on any atom is -0.497 e. The van der Waals surface area contributed by atoms with E-state index in [4.69, 9.17) is 10.5 Å². The third-order valence-corrected chi connectivity index (χ3v) is 4.50. The Balaban J connectivity index is 1.53. The van der Waals surface area contributed by atoms with Crippen molar-refractivity contribution in [3.63, 3.8) is 0 Å². The Kier molecular flexibility index (Phi) is 3.65. The van der Waals surface area contributed by atoms with Crippen LogP contribution in [0.1, 0.15) is 31.2 Å². The molecule has 104 valence electrons. The Hall–Kier alpha value is -1.22. The summed E-state index contributed by atoms with van der Waals surface area (Å²) in [4.78, 5) is 0. The SMILES string of the molecule is COc1ccc(N)c(CNCC(C2CC2)C2CC2)c1. The molecule has 0 heterocycles. The Bertz CT molecular complexity index is 426. The van der Waals surface area contributed by atoms with Crippen molar-refractivity contribution in [3.05, 3.63) is 23.8 Å². The van der Waals surface area contributed by atoms with E-state index in [1.807, 2.05) is 18.2 Å². The Morgan fingerprint density at radius 3 is 2.53 bits per heavy atom. The molecule has 3 rings (SSSR count). The molecule has 0 amide bonds. The van der Waals surface area contributed by atoms with Gasteiger partial charge in [-0.1, -0.05) is 0 Å². The first-order valence-corrected chi connectivity index (χ1v) is 7.41. The van der Waals surface area contributed by atoms with Gasteiger partial charge in [0.25, 0.3) is 0 Å². The third kappa shape index (κ3) is 3.21. The first-order chi connectivity index (χ1) is 9.28. The van der Waals surface area contributed by atoms with Crippen LogP contribution >= 0.6 is 0 Å². The lowest BCUT2D eigenvalue weighted by Gasteiger charge is -2.17. The minimum absolute atomic E-state index is 0.846. The zero-order valence-electron chi connectivity index (χ0n) is 11.7. The molecule has 1 aromatic carbocycles. The average Bonchev–Trinajstić information content (AvgIpc) is 3.28. The fourth-order valence-corrected chi connectivity index (χ4v) is 3.00. The Morgan fingerprint density at radius 2 is 1.95 bits per heavy atom. The van der Waals surface area contributed by atoms with Crippen LogP contribution in [0.2, 0.25) is 0 Å². The first kappa shape index (κ1) is 12.8. The molecule has 19 heavy (non-hydrogen) atoms. The van der Waals surface area contributed by atoms with Gasteiger partial charge in [0.1, 0.15) is 5.75 Å². The fraction of sp³-hybridized carbons (Fsp3) is 0.625. The molecule has 1 aromatic rings. The van der Waals surface area contributed by atoms with Crippen LogP contribution in [-0.2, 0) is 6.54 Å². The molecule has 0 saturated heterocycles. The number of rotatable bonds is 7. The van der Waals surface area contributed by atoms with E-state index in [9.17, 15) is 0 Å². The molecule has 2 saturated carbocycles. The maximum atomic E-state index is 6.01. The molecule has 0 bridgehead atoms. The highest BCUT2D eigenvalue weighted by atomic mass is 16.5. The van der Waals surface area contributed by atoms with Gasteiger partial charge in [0, 0.05) is 12.2 Å². The summed E-state index contributed by atoms with van der Waals surface area (Å²) in [5.74, 6) is 3.80. The molecule has 0 aliphatic heterocycles. The van der Waals surface area contributed by atoms with Crippen molar-refractivity contribution < 1.29 is 4.74 Å². The van der Waals surface area contributed by atoms with Gasteiger partial charge >= 0.3 is 0 Å². The predicted molar refractivity (Wildman–Crippen MR) is 78.1 cm³/mol. The van der Waals surface area contributed by atoms with E-state index in [-0.39, 0.29) is 0 Å². The summed E-state index contributed by atoms with van der Waals surface area (Å²) in [5, 5.41) is 3.60. The Labute approximate surface area is 115 Å². The van der Waals surface area contributed by atoms with Crippen molar-refractivity contribution in [2.75, 3.05) is 19.4 Å². The first-order valence-electron chi connectivity index (χ1n) is 7.41. The van der Waals surface area contributed by atoms with Gasteiger partial charge < -0.3 is 15.8 Å². The average molecular weight is 260 g/mol. The van der Waals surface area contributed by atoms with Crippen molar-refractivity contribution in [2.45, 2.75) is 32.2 Å². The second-order valence-corrected chi connectivity index (χ2v) is 6.03. The van der Waals surface area contributed by atoms with E-state index in [2.05, 4.69) is 5.32 Å². The molecule has 0 aromatic heterocycles. The predicted octanol–water partition coefficient (Wildman–Crippen LogP) is 2.80. The largest absolute Gasteiger partial charge is 0.497 e. The normalized spacial score (nSPS) is 18.8. The summed E-state index contributed by atoms with van der Waals surface area (Å²) in [7, 11) is 1.69.